The Bertz CT molecular complexity index is 817. The van der Waals surface area contributed by atoms with Crippen LogP contribution in [0.1, 0.15) is 23.6 Å². The molecule has 1 aromatic heterocycles. The van der Waals surface area contributed by atoms with Crippen molar-refractivity contribution in [3.63, 3.8) is 0 Å². The molecule has 98 valence electrons. The van der Waals surface area contributed by atoms with Crippen LogP contribution in [0.2, 0.25) is 10.2 Å². The van der Waals surface area contributed by atoms with Crippen molar-refractivity contribution in [2.24, 2.45) is 5.73 Å². The maximum Gasteiger partial charge on any atom is 0.226 e. The summed E-state index contributed by atoms with van der Waals surface area (Å²) in [6, 6.07) is 0. The quantitative estimate of drug-likeness (QED) is 0.598. The molecule has 3 rings (SSSR count). The predicted octanol–water partition coefficient (Wildman–Crippen LogP) is -1.83. The number of nitrogens with one attached hydrogen (secondary N) is 1. The number of hydrogen-bond acceptors (Lipinski definition) is 1. The second-order valence-corrected chi connectivity index (χ2v) is 6.27. The Morgan fingerprint density at radius 1 is 1.23 bits per heavy atom. The number of carbonyl (C=O) groups is 1. The highest BCUT2D eigenvalue weighted by Crippen LogP contribution is 2.44. The first kappa shape index (κ1) is 15.7. The van der Waals surface area contributed by atoms with Crippen LogP contribution in [0.4, 0.5) is 0 Å². The van der Waals surface area contributed by atoms with Crippen LogP contribution < -0.4 is 22.1 Å². The standard InChI is InChI=1S/C13H8B5ClN2O/c14-6-5-3-1-13(17,18)2-4(12(20)22)10(3)21-11(5)8(16)7(15)9(6)19/h4,21H,1-2H2,(H2,20,22). The number of aromatic nitrogens is 1. The van der Waals surface area contributed by atoms with Crippen molar-refractivity contribution < 1.29 is 4.79 Å². The molecule has 0 saturated heterocycles. The van der Waals surface area contributed by atoms with Crippen molar-refractivity contribution in [2.45, 2.75) is 24.0 Å². The first-order valence-corrected chi connectivity index (χ1v) is 7.05. The van der Waals surface area contributed by atoms with E-state index in [4.69, 9.17) is 56.6 Å². The molecule has 9 heteroatoms. The number of H-pyrrole nitrogens is 1. The molecule has 3 nitrogen and oxygen atoms in total. The summed E-state index contributed by atoms with van der Waals surface area (Å²) in [5, 5.41) is -0.303. The van der Waals surface area contributed by atoms with E-state index in [-0.39, 0.29) is 27.8 Å². The molecule has 1 aromatic carbocycles. The summed E-state index contributed by atoms with van der Waals surface area (Å²) in [6.45, 7) is 0. The molecule has 2 aromatic rings. The summed E-state index contributed by atoms with van der Waals surface area (Å²) in [5.41, 5.74) is 8.07. The molecule has 0 spiro atoms. The van der Waals surface area contributed by atoms with Gasteiger partial charge in [0.1, 0.15) is 23.5 Å². The number of amides is 1. The van der Waals surface area contributed by atoms with Gasteiger partial charge in [0, 0.05) is 16.2 Å². The first-order valence-electron chi connectivity index (χ1n) is 6.67. The van der Waals surface area contributed by atoms with Crippen molar-refractivity contribution in [3.05, 3.63) is 16.3 Å². The summed E-state index contributed by atoms with van der Waals surface area (Å²) in [6.07, 6.45) is 0.543. The second kappa shape index (κ2) is 4.92. The number of aromatic amines is 1. The Labute approximate surface area is 140 Å². The van der Waals surface area contributed by atoms with Crippen molar-refractivity contribution in [3.8, 4) is 0 Å². The normalized spacial score (nSPS) is 20.0. The third kappa shape index (κ3) is 2.15. The van der Waals surface area contributed by atoms with E-state index in [1.165, 1.54) is 0 Å². The molecule has 0 saturated carbocycles. The summed E-state index contributed by atoms with van der Waals surface area (Å²) in [4.78, 5) is 14.9. The molecule has 0 fully saturated rings. The van der Waals surface area contributed by atoms with Gasteiger partial charge in [-0.1, -0.05) is 33.2 Å². The molecule has 1 amide bonds. The monoisotopic (exact) mass is 298 g/mol. The van der Waals surface area contributed by atoms with Gasteiger partial charge in [-0.05, 0) is 23.8 Å². The van der Waals surface area contributed by atoms with Crippen LogP contribution in [0.25, 0.3) is 10.9 Å². The largest absolute Gasteiger partial charge is 0.369 e. The van der Waals surface area contributed by atoms with Crippen LogP contribution in [0.5, 0.6) is 0 Å². The van der Waals surface area contributed by atoms with Crippen LogP contribution in [0, 0.1) is 0 Å². The smallest absolute Gasteiger partial charge is 0.226 e. The lowest BCUT2D eigenvalue weighted by atomic mass is 9.46. The van der Waals surface area contributed by atoms with E-state index < -0.39 is 17.0 Å². The Morgan fingerprint density at radius 2 is 1.86 bits per heavy atom. The van der Waals surface area contributed by atoms with Gasteiger partial charge in [-0.2, -0.15) is 0 Å². The number of primary amides is 1. The molecular weight excluding hydrogens is 290 g/mol. The number of nitrogens with two attached hydrogens (primary N) is 1. The molecule has 1 aliphatic carbocycles. The summed E-state index contributed by atoms with van der Waals surface area (Å²) < 4.78 is 0. The number of carbonyl (C=O) groups excluding carboxylic acids is 1. The lowest BCUT2D eigenvalue weighted by Gasteiger charge is -2.35. The summed E-state index contributed by atoms with van der Waals surface area (Å²) in [5.74, 6) is -1.17. The van der Waals surface area contributed by atoms with Gasteiger partial charge in [-0.3, -0.25) is 4.79 Å². The zero-order valence-electron chi connectivity index (χ0n) is 11.7. The van der Waals surface area contributed by atoms with Gasteiger partial charge in [-0.15, -0.1) is 0 Å². The molecule has 10 radical (unpaired) electrons. The van der Waals surface area contributed by atoms with Gasteiger partial charge in [0.15, 0.2) is 0 Å². The number of rotatable bonds is 1. The average molecular weight is 298 g/mol. The zero-order valence-corrected chi connectivity index (χ0v) is 12.5. The van der Waals surface area contributed by atoms with Crippen LogP contribution in [-0.2, 0) is 11.2 Å². The second-order valence-electron chi connectivity index (χ2n) is 5.89. The van der Waals surface area contributed by atoms with Crippen molar-refractivity contribution in [1.82, 2.24) is 4.98 Å². The molecular formula is C13H8B5ClN2O. The average Bonchev–Trinajstić information content (AvgIpc) is 2.79. The van der Waals surface area contributed by atoms with Gasteiger partial charge in [-0.25, -0.2) is 0 Å². The van der Waals surface area contributed by atoms with Crippen LogP contribution in [0.3, 0.4) is 0 Å². The van der Waals surface area contributed by atoms with Crippen LogP contribution in [-0.4, -0.2) is 50.1 Å². The molecule has 1 unspecified atom stereocenters. The first-order chi connectivity index (χ1) is 10.1. The SMILES string of the molecule is [B]c1c(Cl)c([B])c2c3c([nH]c2c1[B])C(C(N)=O)CC([B])([B])C3. The van der Waals surface area contributed by atoms with Gasteiger partial charge in [0.25, 0.3) is 0 Å². The molecule has 3 N–H and O–H groups in total. The van der Waals surface area contributed by atoms with E-state index >= 15 is 0 Å². The van der Waals surface area contributed by atoms with E-state index in [0.29, 0.717) is 28.6 Å². The fraction of sp³-hybridized carbons (Fsp3) is 0.308. The van der Waals surface area contributed by atoms with Gasteiger partial charge in [0.2, 0.25) is 5.91 Å². The Kier molecular flexibility index (Phi) is 3.52. The van der Waals surface area contributed by atoms with Gasteiger partial charge < -0.3 is 10.7 Å². The highest BCUT2D eigenvalue weighted by atomic mass is 35.5. The molecule has 1 aliphatic rings. The highest BCUT2D eigenvalue weighted by molar-refractivity contribution is 6.63. The van der Waals surface area contributed by atoms with Crippen molar-refractivity contribution in [2.75, 3.05) is 0 Å². The molecule has 22 heavy (non-hydrogen) atoms. The predicted molar refractivity (Wildman–Crippen MR) is 93.9 cm³/mol. The van der Waals surface area contributed by atoms with Crippen molar-refractivity contribution in [1.29, 1.82) is 0 Å². The van der Waals surface area contributed by atoms with Crippen LogP contribution >= 0.6 is 11.6 Å². The number of benzene rings is 1. The Hall–Kier alpha value is -1.16. The Morgan fingerprint density at radius 3 is 2.45 bits per heavy atom. The Balaban J connectivity index is 2.41. The van der Waals surface area contributed by atoms with E-state index in [9.17, 15) is 4.79 Å². The maximum atomic E-state index is 11.8. The van der Waals surface area contributed by atoms with Crippen LogP contribution in [0.15, 0.2) is 0 Å². The molecule has 1 heterocycles. The summed E-state index contributed by atoms with van der Waals surface area (Å²) in [7, 11) is 30.1. The van der Waals surface area contributed by atoms with E-state index in [1.54, 1.807) is 0 Å². The third-order valence-electron chi connectivity index (χ3n) is 4.22. The van der Waals surface area contributed by atoms with Crippen molar-refractivity contribution >= 4 is 84.0 Å². The third-order valence-corrected chi connectivity index (χ3v) is 4.63. The van der Waals surface area contributed by atoms with E-state index in [0.717, 1.165) is 0 Å². The lowest BCUT2D eigenvalue weighted by molar-refractivity contribution is -0.119. The number of hydrogen-bond donors (Lipinski definition) is 2. The lowest BCUT2D eigenvalue weighted by Crippen LogP contribution is -2.34. The molecule has 0 aliphatic heterocycles. The minimum absolute atomic E-state index is 0.174. The number of fused-ring (bicyclic) bond motifs is 3. The fourth-order valence-corrected chi connectivity index (χ4v) is 3.37. The number of halogens is 1. The minimum atomic E-state index is -1.07. The highest BCUT2D eigenvalue weighted by Gasteiger charge is 2.37. The van der Waals surface area contributed by atoms with Gasteiger partial charge in [0.05, 0.1) is 21.6 Å². The molecule has 0 bridgehead atoms. The van der Waals surface area contributed by atoms with Gasteiger partial charge >= 0.3 is 0 Å². The van der Waals surface area contributed by atoms with E-state index in [1.807, 2.05) is 0 Å². The zero-order chi connectivity index (χ0) is 16.4. The molecule has 1 atom stereocenters. The summed E-state index contributed by atoms with van der Waals surface area (Å²) >= 11 is 6.13. The van der Waals surface area contributed by atoms with E-state index in [2.05, 4.69) is 4.98 Å². The minimum Gasteiger partial charge on any atom is -0.369 e. The topological polar surface area (TPSA) is 58.9 Å². The maximum absolute atomic E-state index is 11.8. The fourth-order valence-electron chi connectivity index (χ4n) is 3.17.